The van der Waals surface area contributed by atoms with Crippen molar-refractivity contribution in [1.82, 2.24) is 0 Å². The Labute approximate surface area is 236 Å². The highest BCUT2D eigenvalue weighted by atomic mass is 27.2. The maximum atomic E-state index is 6.68. The molecule has 0 aliphatic rings. The van der Waals surface area contributed by atoms with Gasteiger partial charge in [0.15, 0.2) is 0 Å². The normalized spacial score (nSPS) is 10.6. The second-order valence-electron chi connectivity index (χ2n) is 9.24. The van der Waals surface area contributed by atoms with Crippen LogP contribution in [0.2, 0.25) is 0 Å². The first-order valence-corrected chi connectivity index (χ1v) is 14.3. The Morgan fingerprint density at radius 2 is 0.538 bits per heavy atom. The lowest BCUT2D eigenvalue weighted by atomic mass is 9.97. The first-order chi connectivity index (χ1) is 19.4. The van der Waals surface area contributed by atoms with Crippen LogP contribution in [0.5, 0.6) is 11.5 Å². The average Bonchev–Trinajstić information content (AvgIpc) is 3.03. The molecule has 6 aromatic carbocycles. The number of para-hydroxylation sites is 2. The van der Waals surface area contributed by atoms with Gasteiger partial charge < -0.3 is 7.58 Å². The molecule has 0 bridgehead atoms. The highest BCUT2D eigenvalue weighted by Gasteiger charge is 2.19. The van der Waals surface area contributed by atoms with Crippen LogP contribution in [-0.2, 0) is 0 Å². The van der Waals surface area contributed by atoms with E-state index in [4.69, 9.17) is 7.58 Å². The molecular formula is C36H27AlO2. The average molecular weight is 519 g/mol. The molecule has 0 radical (unpaired) electrons. The fourth-order valence-electron chi connectivity index (χ4n) is 4.91. The molecule has 3 heteroatoms. The molecular weight excluding hydrogens is 491 g/mol. The lowest BCUT2D eigenvalue weighted by molar-refractivity contribution is 0.462. The number of rotatable bonds is 8. The van der Waals surface area contributed by atoms with Gasteiger partial charge in [-0.2, -0.15) is 0 Å². The molecule has 0 aliphatic heterocycles. The van der Waals surface area contributed by atoms with Crippen LogP contribution in [0.25, 0.3) is 44.5 Å². The molecule has 0 aliphatic carbocycles. The minimum absolute atomic E-state index is 0.861. The standard InChI is InChI=1S/2C18H14O.Al.H/c2*19-18-16(14-8-3-1-4-9-14)12-7-13-17(18)15-10-5-2-6-11-15;;/h2*1-13,19H;;/q;;+2;/p-2. The Morgan fingerprint density at radius 3 is 0.795 bits per heavy atom. The van der Waals surface area contributed by atoms with Gasteiger partial charge in [-0.1, -0.05) is 158 Å². The van der Waals surface area contributed by atoms with Crippen molar-refractivity contribution >= 4 is 15.9 Å². The maximum absolute atomic E-state index is 6.68. The first-order valence-electron chi connectivity index (χ1n) is 13.1. The quantitative estimate of drug-likeness (QED) is 0.187. The van der Waals surface area contributed by atoms with E-state index in [2.05, 4.69) is 133 Å². The summed E-state index contributed by atoms with van der Waals surface area (Å²) in [6.07, 6.45) is 0. The summed E-state index contributed by atoms with van der Waals surface area (Å²) in [7, 11) is 0. The predicted octanol–water partition coefficient (Wildman–Crippen LogP) is 9.08. The van der Waals surface area contributed by atoms with Crippen LogP contribution >= 0.6 is 0 Å². The second-order valence-corrected chi connectivity index (χ2v) is 10.0. The van der Waals surface area contributed by atoms with Gasteiger partial charge in [-0.05, 0) is 22.3 Å². The highest BCUT2D eigenvalue weighted by molar-refractivity contribution is 6.22. The molecule has 39 heavy (non-hydrogen) atoms. The van der Waals surface area contributed by atoms with Crippen LogP contribution in [0.15, 0.2) is 158 Å². The van der Waals surface area contributed by atoms with E-state index in [9.17, 15) is 0 Å². The van der Waals surface area contributed by atoms with Gasteiger partial charge in [0.2, 0.25) is 0 Å². The van der Waals surface area contributed by atoms with Gasteiger partial charge in [0.25, 0.3) is 0 Å². The third-order valence-corrected chi connectivity index (χ3v) is 7.59. The molecule has 2 nitrogen and oxygen atoms in total. The van der Waals surface area contributed by atoms with Gasteiger partial charge in [0.05, 0.1) is 11.5 Å². The van der Waals surface area contributed by atoms with E-state index in [1.165, 1.54) is 0 Å². The molecule has 0 amide bonds. The minimum Gasteiger partial charge on any atom is -0.614 e. The number of hydrogen-bond acceptors (Lipinski definition) is 2. The molecule has 0 fully saturated rings. The maximum Gasteiger partial charge on any atom is 0.832 e. The molecule has 0 atom stereocenters. The van der Waals surface area contributed by atoms with Crippen molar-refractivity contribution in [1.29, 1.82) is 0 Å². The summed E-state index contributed by atoms with van der Waals surface area (Å²) in [6, 6.07) is 54.3. The Hall–Kier alpha value is -4.55. The summed E-state index contributed by atoms with van der Waals surface area (Å²) in [5, 5.41) is 0. The Bertz CT molecular complexity index is 1410. The van der Waals surface area contributed by atoms with Crippen LogP contribution in [0.4, 0.5) is 0 Å². The Balaban J connectivity index is 1.40. The zero-order chi connectivity index (χ0) is 26.3. The summed E-state index contributed by atoms with van der Waals surface area (Å²) in [5.74, 6) is 1.72. The van der Waals surface area contributed by atoms with E-state index in [-0.39, 0.29) is 0 Å². The molecule has 0 saturated carbocycles. The lowest BCUT2D eigenvalue weighted by Gasteiger charge is -2.20. The molecule has 0 saturated heterocycles. The van der Waals surface area contributed by atoms with Crippen LogP contribution < -0.4 is 7.58 Å². The molecule has 0 N–H and O–H groups in total. The summed E-state index contributed by atoms with van der Waals surface area (Å²) in [6.45, 7) is 0. The van der Waals surface area contributed by atoms with Crippen molar-refractivity contribution in [3.05, 3.63) is 158 Å². The summed E-state index contributed by atoms with van der Waals surface area (Å²) in [5.41, 5.74) is 8.73. The van der Waals surface area contributed by atoms with Crippen molar-refractivity contribution in [2.24, 2.45) is 0 Å². The zero-order valence-corrected chi connectivity index (χ0v) is 22.9. The third kappa shape index (κ3) is 5.52. The zero-order valence-electron chi connectivity index (χ0n) is 21.5. The topological polar surface area (TPSA) is 18.5 Å². The van der Waals surface area contributed by atoms with Crippen LogP contribution in [0, 0.1) is 0 Å². The van der Waals surface area contributed by atoms with E-state index in [0.29, 0.717) is 0 Å². The number of benzene rings is 6. The molecule has 186 valence electrons. The van der Waals surface area contributed by atoms with Gasteiger partial charge in [-0.25, -0.2) is 0 Å². The monoisotopic (exact) mass is 518 g/mol. The van der Waals surface area contributed by atoms with Gasteiger partial charge in [0, 0.05) is 22.3 Å². The summed E-state index contributed by atoms with van der Waals surface area (Å²) >= 11 is -1.49. The molecule has 0 heterocycles. The predicted molar refractivity (Wildman–Crippen MR) is 163 cm³/mol. The van der Waals surface area contributed by atoms with Crippen molar-refractivity contribution in [2.75, 3.05) is 0 Å². The van der Waals surface area contributed by atoms with E-state index in [0.717, 1.165) is 56.0 Å². The van der Waals surface area contributed by atoms with Gasteiger partial charge in [-0.3, -0.25) is 0 Å². The van der Waals surface area contributed by atoms with Crippen LogP contribution in [0.1, 0.15) is 0 Å². The van der Waals surface area contributed by atoms with Crippen molar-refractivity contribution in [3.8, 4) is 56.0 Å². The number of hydrogen-bond donors (Lipinski definition) is 0. The van der Waals surface area contributed by atoms with E-state index >= 15 is 0 Å². The fourth-order valence-corrected chi connectivity index (χ4v) is 5.83. The van der Waals surface area contributed by atoms with Gasteiger partial charge >= 0.3 is 15.9 Å². The first kappa shape index (κ1) is 24.8. The summed E-state index contributed by atoms with van der Waals surface area (Å²) < 4.78 is 13.4. The SMILES string of the molecule is c1ccc(-c2cccc(-c3ccccc3)c2[O][AlH][O]c2c(-c3ccccc3)cccc2-c2ccccc2)cc1. The van der Waals surface area contributed by atoms with Crippen molar-refractivity contribution in [3.63, 3.8) is 0 Å². The highest BCUT2D eigenvalue weighted by Crippen LogP contribution is 2.41. The molecule has 6 aromatic rings. The second kappa shape index (κ2) is 11.9. The molecule has 6 rings (SSSR count). The largest absolute Gasteiger partial charge is 0.832 e. The van der Waals surface area contributed by atoms with Crippen LogP contribution in [-0.4, -0.2) is 15.9 Å². The Morgan fingerprint density at radius 1 is 0.282 bits per heavy atom. The summed E-state index contributed by atoms with van der Waals surface area (Å²) in [4.78, 5) is 0. The van der Waals surface area contributed by atoms with E-state index in [1.54, 1.807) is 0 Å². The van der Waals surface area contributed by atoms with E-state index in [1.807, 2.05) is 24.3 Å². The van der Waals surface area contributed by atoms with Crippen LogP contribution in [0.3, 0.4) is 0 Å². The van der Waals surface area contributed by atoms with Crippen molar-refractivity contribution in [2.45, 2.75) is 0 Å². The van der Waals surface area contributed by atoms with Gasteiger partial charge in [0.1, 0.15) is 0 Å². The minimum atomic E-state index is -1.49. The lowest BCUT2D eigenvalue weighted by Crippen LogP contribution is -2.13. The molecule has 0 aromatic heterocycles. The molecule has 0 spiro atoms. The Kier molecular flexibility index (Phi) is 7.55. The van der Waals surface area contributed by atoms with Crippen molar-refractivity contribution < 1.29 is 7.58 Å². The fraction of sp³-hybridized carbons (Fsp3) is 0. The smallest absolute Gasteiger partial charge is 0.614 e. The third-order valence-electron chi connectivity index (χ3n) is 6.78. The van der Waals surface area contributed by atoms with Gasteiger partial charge in [-0.15, -0.1) is 0 Å². The van der Waals surface area contributed by atoms with E-state index < -0.39 is 15.9 Å². The molecule has 0 unspecified atom stereocenters.